The topological polar surface area (TPSA) is 103 Å². The monoisotopic (exact) mass is 579 g/mol. The minimum absolute atomic E-state index is 0.0918. The Balaban J connectivity index is 2.12. The minimum Gasteiger partial charge on any atom is -0.383 e. The van der Waals surface area contributed by atoms with Crippen LogP contribution in [0.15, 0.2) is 59.6 Å². The Morgan fingerprint density at radius 2 is 1.54 bits per heavy atom. The van der Waals surface area contributed by atoms with Crippen molar-refractivity contribution in [2.45, 2.75) is 43.6 Å². The number of rotatable bonds is 5. The number of sulfonamides is 1. The van der Waals surface area contributed by atoms with Gasteiger partial charge < -0.3 is 10.6 Å². The second-order valence-electron chi connectivity index (χ2n) is 9.12. The lowest BCUT2D eigenvalue weighted by Gasteiger charge is -2.32. The molecule has 3 rings (SSSR count). The van der Waals surface area contributed by atoms with E-state index in [1.54, 1.807) is 0 Å². The van der Waals surface area contributed by atoms with Gasteiger partial charge in [0.2, 0.25) is 0 Å². The summed E-state index contributed by atoms with van der Waals surface area (Å²) in [5.41, 5.74) is 1.46. The van der Waals surface area contributed by atoms with Crippen LogP contribution >= 0.6 is 0 Å². The molecule has 15 heteroatoms. The van der Waals surface area contributed by atoms with E-state index in [4.69, 9.17) is 5.73 Å². The molecule has 0 saturated heterocycles. The van der Waals surface area contributed by atoms with Gasteiger partial charge in [0, 0.05) is 22.9 Å². The molecule has 0 unspecified atom stereocenters. The van der Waals surface area contributed by atoms with Crippen LogP contribution < -0.4 is 5.73 Å². The van der Waals surface area contributed by atoms with Crippen LogP contribution in [0.3, 0.4) is 0 Å². The Morgan fingerprint density at radius 3 is 2.08 bits per heavy atom. The van der Waals surface area contributed by atoms with Gasteiger partial charge in [-0.15, -0.1) is 0 Å². The van der Waals surface area contributed by atoms with Crippen molar-refractivity contribution in [3.63, 3.8) is 0 Å². The van der Waals surface area contributed by atoms with Crippen molar-refractivity contribution in [1.29, 1.82) is 0 Å². The largest absolute Gasteiger partial charge is 0.492 e. The molecule has 0 fully saturated rings. The quantitative estimate of drug-likeness (QED) is 0.296. The number of nitrogens with zero attached hydrogens (tertiary/aromatic N) is 2. The molecule has 210 valence electrons. The molecule has 0 aliphatic carbocycles. The minimum atomic E-state index is -5.50. The highest BCUT2D eigenvalue weighted by Crippen LogP contribution is 2.38. The molecule has 0 aliphatic heterocycles. The maximum Gasteiger partial charge on any atom is 0.492 e. The lowest BCUT2D eigenvalue weighted by Crippen LogP contribution is -2.48. The van der Waals surface area contributed by atoms with E-state index in [0.29, 0.717) is 6.07 Å². The van der Waals surface area contributed by atoms with Crippen molar-refractivity contribution in [2.75, 3.05) is 5.73 Å². The van der Waals surface area contributed by atoms with Crippen LogP contribution in [0, 0.1) is 5.82 Å². The van der Waals surface area contributed by atoms with Crippen LogP contribution in [-0.4, -0.2) is 35.6 Å². The molecule has 1 heterocycles. The number of nitrogens with two attached hydrogens (primary N) is 1. The summed E-state index contributed by atoms with van der Waals surface area (Å²) < 4.78 is 120. The van der Waals surface area contributed by atoms with Crippen LogP contribution in [0.1, 0.15) is 26.3 Å². The summed E-state index contributed by atoms with van der Waals surface area (Å²) in [6.45, 7) is 3.55. The van der Waals surface area contributed by atoms with E-state index in [9.17, 15) is 39.6 Å². The molecule has 0 aliphatic rings. The number of anilines is 1. The molecular formula is C24H20F7N3O4S. The number of carbonyl (C=O) groups is 1. The molecule has 0 atom stereocenters. The highest BCUT2D eigenvalue weighted by Gasteiger charge is 2.47. The van der Waals surface area contributed by atoms with Gasteiger partial charge in [-0.3, -0.25) is 0 Å². The Kier molecular flexibility index (Phi) is 7.73. The van der Waals surface area contributed by atoms with Crippen molar-refractivity contribution < 1.29 is 48.8 Å². The summed E-state index contributed by atoms with van der Waals surface area (Å²) in [6.07, 6.45) is -9.43. The third-order valence-electron chi connectivity index (χ3n) is 5.14. The van der Waals surface area contributed by atoms with Crippen molar-refractivity contribution in [1.82, 2.24) is 9.45 Å². The lowest BCUT2D eigenvalue weighted by atomic mass is 9.99. The molecule has 2 N–H and O–H groups in total. The first kappa shape index (κ1) is 29.8. The SMILES string of the molecule is CC(C)(C)N(OC(=O)C(F)(F)F)S(=O)(=O)c1ccccc1-c1ccc(-c2cnc(N)c(C(F)(F)F)c2)c(F)c1. The number of hydrogen-bond donors (Lipinski definition) is 1. The predicted molar refractivity (Wildman–Crippen MR) is 125 cm³/mol. The third kappa shape index (κ3) is 6.30. The van der Waals surface area contributed by atoms with Crippen molar-refractivity contribution >= 4 is 21.8 Å². The van der Waals surface area contributed by atoms with E-state index in [-0.39, 0.29) is 26.7 Å². The predicted octanol–water partition coefficient (Wildman–Crippen LogP) is 5.97. The van der Waals surface area contributed by atoms with Gasteiger partial charge in [-0.25, -0.2) is 22.6 Å². The molecule has 2 aromatic carbocycles. The van der Waals surface area contributed by atoms with Gasteiger partial charge in [0.05, 0.1) is 16.0 Å². The Morgan fingerprint density at radius 1 is 0.923 bits per heavy atom. The van der Waals surface area contributed by atoms with Crippen LogP contribution in [0.2, 0.25) is 0 Å². The van der Waals surface area contributed by atoms with Gasteiger partial charge in [-0.2, -0.15) is 26.3 Å². The van der Waals surface area contributed by atoms with E-state index in [2.05, 4.69) is 9.82 Å². The number of hydrogen-bond acceptors (Lipinski definition) is 6. The molecule has 0 bridgehead atoms. The standard InChI is InChI=1S/C24H20F7N3O4S/c1-22(2,3)34(38-21(35)24(29,30)31)39(36,37)19-7-5-4-6-16(19)13-8-9-15(18(25)11-13)14-10-17(23(26,27)28)20(32)33-12-14/h4-12H,1-3H3,(H2,32,33). The summed E-state index contributed by atoms with van der Waals surface area (Å²) >= 11 is 0. The van der Waals surface area contributed by atoms with Crippen LogP contribution in [0.25, 0.3) is 22.3 Å². The molecule has 0 saturated carbocycles. The molecule has 39 heavy (non-hydrogen) atoms. The summed E-state index contributed by atoms with van der Waals surface area (Å²) in [5, 5.41) is 0. The molecule has 3 aromatic rings. The van der Waals surface area contributed by atoms with Crippen LogP contribution in [-0.2, 0) is 25.8 Å². The first-order valence-corrected chi connectivity index (χ1v) is 12.2. The fourth-order valence-electron chi connectivity index (χ4n) is 3.46. The van der Waals surface area contributed by atoms with E-state index in [0.717, 1.165) is 24.4 Å². The summed E-state index contributed by atoms with van der Waals surface area (Å²) in [4.78, 5) is 18.6. The zero-order valence-electron chi connectivity index (χ0n) is 20.4. The molecule has 0 radical (unpaired) electrons. The average Bonchev–Trinajstić information content (AvgIpc) is 2.80. The maximum atomic E-state index is 15.1. The van der Waals surface area contributed by atoms with Gasteiger partial charge in [0.15, 0.2) is 0 Å². The lowest BCUT2D eigenvalue weighted by molar-refractivity contribution is -0.231. The Hall–Kier alpha value is -3.72. The van der Waals surface area contributed by atoms with E-state index >= 15 is 4.39 Å². The average molecular weight is 579 g/mol. The highest BCUT2D eigenvalue weighted by molar-refractivity contribution is 7.89. The molecule has 0 spiro atoms. The van der Waals surface area contributed by atoms with Crippen LogP contribution in [0.4, 0.5) is 36.6 Å². The van der Waals surface area contributed by atoms with Crippen molar-refractivity contribution in [3.8, 4) is 22.3 Å². The second-order valence-corrected chi connectivity index (χ2v) is 10.8. The van der Waals surface area contributed by atoms with Gasteiger partial charge in [-0.05, 0) is 49.0 Å². The number of carbonyl (C=O) groups excluding carboxylic acids is 1. The summed E-state index contributed by atoms with van der Waals surface area (Å²) in [6, 6.07) is 8.54. The number of pyridine rings is 1. The first-order chi connectivity index (χ1) is 17.7. The number of aromatic nitrogens is 1. The fourth-order valence-corrected chi connectivity index (χ4v) is 5.24. The third-order valence-corrected chi connectivity index (χ3v) is 7.11. The van der Waals surface area contributed by atoms with Gasteiger partial charge in [0.25, 0.3) is 10.0 Å². The number of benzene rings is 2. The van der Waals surface area contributed by atoms with Crippen molar-refractivity contribution in [3.05, 3.63) is 66.1 Å². The van der Waals surface area contributed by atoms with Gasteiger partial charge in [-0.1, -0.05) is 30.3 Å². The molecular weight excluding hydrogens is 559 g/mol. The summed E-state index contributed by atoms with van der Waals surface area (Å²) in [7, 11) is -4.98. The maximum absolute atomic E-state index is 15.1. The Bertz CT molecular complexity index is 1520. The van der Waals surface area contributed by atoms with Gasteiger partial charge >= 0.3 is 18.3 Å². The molecule has 7 nitrogen and oxygen atoms in total. The van der Waals surface area contributed by atoms with E-state index < -0.39 is 56.0 Å². The number of hydroxylamine groups is 1. The number of halogens is 7. The van der Waals surface area contributed by atoms with E-state index in [1.165, 1.54) is 45.0 Å². The summed E-state index contributed by atoms with van der Waals surface area (Å²) in [5.74, 6) is -4.64. The number of alkyl halides is 6. The van der Waals surface area contributed by atoms with Crippen molar-refractivity contribution in [2.24, 2.45) is 0 Å². The van der Waals surface area contributed by atoms with Gasteiger partial charge in [0.1, 0.15) is 11.6 Å². The fraction of sp³-hybridized carbons (Fsp3) is 0.250. The zero-order chi connectivity index (χ0) is 29.6. The van der Waals surface area contributed by atoms with E-state index in [1.807, 2.05) is 0 Å². The highest BCUT2D eigenvalue weighted by atomic mass is 32.2. The number of nitrogen functional groups attached to an aromatic ring is 1. The second kappa shape index (κ2) is 10.1. The molecule has 0 amide bonds. The molecule has 1 aromatic heterocycles. The van der Waals surface area contributed by atoms with Crippen LogP contribution in [0.5, 0.6) is 0 Å². The Labute approximate surface area is 218 Å². The smallest absolute Gasteiger partial charge is 0.383 e. The normalized spacial score (nSPS) is 13.0. The first-order valence-electron chi connectivity index (χ1n) is 10.8. The zero-order valence-corrected chi connectivity index (χ0v) is 21.2.